The predicted molar refractivity (Wildman–Crippen MR) is 135 cm³/mol. The van der Waals surface area contributed by atoms with Gasteiger partial charge >= 0.3 is 0 Å². The van der Waals surface area contributed by atoms with Gasteiger partial charge in [0.1, 0.15) is 5.65 Å². The maximum absolute atomic E-state index is 12.4. The molecule has 8 heteroatoms. The number of nitrogens with one attached hydrogen (secondary N) is 1. The lowest BCUT2D eigenvalue weighted by atomic mass is 10.2. The number of rotatable bonds is 5. The number of nitrogens with zero attached hydrogens (tertiary/aromatic N) is 6. The predicted octanol–water partition coefficient (Wildman–Crippen LogP) is 2.83. The maximum atomic E-state index is 12.4. The highest BCUT2D eigenvalue weighted by atomic mass is 16.2. The van der Waals surface area contributed by atoms with Crippen molar-refractivity contribution in [3.8, 4) is 11.4 Å². The second-order valence-electron chi connectivity index (χ2n) is 9.68. The lowest BCUT2D eigenvalue weighted by Crippen LogP contribution is -2.49. The molecule has 0 bridgehead atoms. The second-order valence-corrected chi connectivity index (χ2v) is 9.68. The monoisotopic (exact) mass is 459 g/mol. The molecule has 1 N–H and O–H groups in total. The molecule has 0 radical (unpaired) electrons. The minimum atomic E-state index is 0.297. The number of hydrogen-bond acceptors (Lipinski definition) is 6. The van der Waals surface area contributed by atoms with Gasteiger partial charge in [-0.3, -0.25) is 9.78 Å². The Balaban J connectivity index is 1.18. The van der Waals surface area contributed by atoms with Gasteiger partial charge in [-0.1, -0.05) is 6.92 Å². The number of pyridine rings is 2. The van der Waals surface area contributed by atoms with Crippen LogP contribution in [0.5, 0.6) is 0 Å². The summed E-state index contributed by atoms with van der Waals surface area (Å²) in [7, 11) is 0. The molecule has 1 amide bonds. The van der Waals surface area contributed by atoms with Crippen molar-refractivity contribution >= 4 is 28.3 Å². The van der Waals surface area contributed by atoms with Crippen molar-refractivity contribution in [1.29, 1.82) is 0 Å². The minimum absolute atomic E-state index is 0.297. The van der Waals surface area contributed by atoms with Gasteiger partial charge in [-0.2, -0.15) is 0 Å². The molecule has 8 nitrogen and oxygen atoms in total. The van der Waals surface area contributed by atoms with Crippen molar-refractivity contribution in [2.45, 2.75) is 19.8 Å². The summed E-state index contributed by atoms with van der Waals surface area (Å²) in [6.45, 7) is 11.0. The van der Waals surface area contributed by atoms with Crippen LogP contribution in [0.15, 0.2) is 36.7 Å². The average molecular weight is 460 g/mol. The SMILES string of the molecule is CCN1CCN(c2ccc(-c3cc4c(N5CCN(C(=O)C6CC6)CC5)ccnc4[nH]3)nc2)CC1. The van der Waals surface area contributed by atoms with Crippen LogP contribution < -0.4 is 9.80 Å². The summed E-state index contributed by atoms with van der Waals surface area (Å²) in [5.41, 5.74) is 5.16. The van der Waals surface area contributed by atoms with Crippen LogP contribution in [0.25, 0.3) is 22.4 Å². The fourth-order valence-electron chi connectivity index (χ4n) is 5.24. The number of amides is 1. The average Bonchev–Trinajstić information content (AvgIpc) is 3.66. The number of fused-ring (bicyclic) bond motifs is 1. The van der Waals surface area contributed by atoms with Crippen LogP contribution in [0.4, 0.5) is 11.4 Å². The molecule has 1 aliphatic carbocycles. The molecule has 34 heavy (non-hydrogen) atoms. The first kappa shape index (κ1) is 21.4. The first-order chi connectivity index (χ1) is 16.7. The number of anilines is 2. The maximum Gasteiger partial charge on any atom is 0.225 e. The van der Waals surface area contributed by atoms with Crippen LogP contribution in [0, 0.1) is 5.92 Å². The van der Waals surface area contributed by atoms with Gasteiger partial charge < -0.3 is 24.6 Å². The van der Waals surface area contributed by atoms with Gasteiger partial charge in [-0.05, 0) is 43.7 Å². The molecule has 0 spiro atoms. The standard InChI is InChI=1S/C26H33N7O/c1-2-30-9-11-31(12-10-30)20-5-6-22(28-18-20)23-17-21-24(7-8-27-25(21)29-23)32-13-15-33(16-14-32)26(34)19-3-4-19/h5-8,17-19H,2-4,9-16H2,1H3,(H,27,29). The third kappa shape index (κ3) is 4.11. The van der Waals surface area contributed by atoms with Crippen LogP contribution in [0.3, 0.4) is 0 Å². The molecule has 1 saturated carbocycles. The largest absolute Gasteiger partial charge is 0.368 e. The zero-order valence-corrected chi connectivity index (χ0v) is 19.9. The first-order valence-electron chi connectivity index (χ1n) is 12.6. The molecule has 6 rings (SSSR count). The molecule has 3 aromatic heterocycles. The van der Waals surface area contributed by atoms with Crippen LogP contribution in [0.1, 0.15) is 19.8 Å². The molecular weight excluding hydrogens is 426 g/mol. The summed E-state index contributed by atoms with van der Waals surface area (Å²) in [4.78, 5) is 34.6. The smallest absolute Gasteiger partial charge is 0.225 e. The molecule has 0 aromatic carbocycles. The quantitative estimate of drug-likeness (QED) is 0.633. The summed E-state index contributed by atoms with van der Waals surface area (Å²) in [6.07, 6.45) is 6.00. The number of hydrogen-bond donors (Lipinski definition) is 1. The molecule has 3 aromatic rings. The van der Waals surface area contributed by atoms with Crippen molar-refractivity contribution in [2.24, 2.45) is 5.92 Å². The van der Waals surface area contributed by atoms with E-state index in [9.17, 15) is 4.79 Å². The van der Waals surface area contributed by atoms with Crippen molar-refractivity contribution in [3.05, 3.63) is 36.7 Å². The third-order valence-electron chi connectivity index (χ3n) is 7.58. The van der Waals surface area contributed by atoms with Crippen molar-refractivity contribution in [2.75, 3.05) is 68.7 Å². The van der Waals surface area contributed by atoms with E-state index in [1.807, 2.05) is 17.3 Å². The van der Waals surface area contributed by atoms with E-state index in [2.05, 4.69) is 55.9 Å². The lowest BCUT2D eigenvalue weighted by molar-refractivity contribution is -0.132. The number of piperazine rings is 2. The number of carbonyl (C=O) groups is 1. The highest BCUT2D eigenvalue weighted by molar-refractivity contribution is 5.93. The Morgan fingerprint density at radius 3 is 2.41 bits per heavy atom. The summed E-state index contributed by atoms with van der Waals surface area (Å²) >= 11 is 0. The highest BCUT2D eigenvalue weighted by Gasteiger charge is 2.34. The van der Waals surface area contributed by atoms with Crippen LogP contribution in [0.2, 0.25) is 0 Å². The van der Waals surface area contributed by atoms with Gasteiger partial charge in [0, 0.05) is 75.5 Å². The lowest BCUT2D eigenvalue weighted by Gasteiger charge is -2.36. The zero-order valence-electron chi connectivity index (χ0n) is 19.9. The van der Waals surface area contributed by atoms with E-state index in [-0.39, 0.29) is 0 Å². The van der Waals surface area contributed by atoms with Crippen molar-refractivity contribution in [1.82, 2.24) is 24.8 Å². The van der Waals surface area contributed by atoms with E-state index in [4.69, 9.17) is 4.98 Å². The highest BCUT2D eigenvalue weighted by Crippen LogP contribution is 2.33. The van der Waals surface area contributed by atoms with Crippen molar-refractivity contribution < 1.29 is 4.79 Å². The van der Waals surface area contributed by atoms with Crippen molar-refractivity contribution in [3.63, 3.8) is 0 Å². The van der Waals surface area contributed by atoms with E-state index in [0.29, 0.717) is 11.8 Å². The Morgan fingerprint density at radius 2 is 1.74 bits per heavy atom. The first-order valence-corrected chi connectivity index (χ1v) is 12.6. The Bertz CT molecular complexity index is 1150. The molecule has 0 atom stereocenters. The molecular formula is C26H33N7O. The molecule has 3 aliphatic rings. The number of likely N-dealkylation sites (N-methyl/N-ethyl adjacent to an activating group) is 1. The van der Waals surface area contributed by atoms with Gasteiger partial charge in [-0.15, -0.1) is 0 Å². The molecule has 2 aliphatic heterocycles. The second kappa shape index (κ2) is 8.91. The number of H-pyrrole nitrogens is 1. The van der Waals surface area contributed by atoms with Crippen LogP contribution in [-0.4, -0.2) is 89.6 Å². The molecule has 0 unspecified atom stereocenters. The molecule has 3 fully saturated rings. The Labute approximate surface area is 200 Å². The third-order valence-corrected chi connectivity index (χ3v) is 7.58. The normalized spacial score (nSPS) is 19.7. The topological polar surface area (TPSA) is 71.6 Å². The van der Waals surface area contributed by atoms with E-state index >= 15 is 0 Å². The number of aromatic nitrogens is 3. The number of carbonyl (C=O) groups excluding carboxylic acids is 1. The summed E-state index contributed by atoms with van der Waals surface area (Å²) in [5.74, 6) is 0.650. The van der Waals surface area contributed by atoms with Crippen LogP contribution in [-0.2, 0) is 4.79 Å². The molecule has 178 valence electrons. The van der Waals surface area contributed by atoms with E-state index < -0.39 is 0 Å². The van der Waals surface area contributed by atoms with E-state index in [1.165, 1.54) is 11.4 Å². The van der Waals surface area contributed by atoms with Gasteiger partial charge in [0.2, 0.25) is 5.91 Å². The Kier molecular flexibility index (Phi) is 5.61. The summed E-state index contributed by atoms with van der Waals surface area (Å²) in [5, 5.41) is 1.11. The molecule has 2 saturated heterocycles. The Hall–Kier alpha value is -3.13. The number of aromatic amines is 1. The van der Waals surface area contributed by atoms with Gasteiger partial charge in [0.05, 0.1) is 23.3 Å². The Morgan fingerprint density at radius 1 is 0.971 bits per heavy atom. The summed E-state index contributed by atoms with van der Waals surface area (Å²) in [6, 6.07) is 8.54. The van der Waals surface area contributed by atoms with Gasteiger partial charge in [0.25, 0.3) is 0 Å². The minimum Gasteiger partial charge on any atom is -0.368 e. The van der Waals surface area contributed by atoms with E-state index in [1.54, 1.807) is 0 Å². The fraction of sp³-hybridized carbons (Fsp3) is 0.500. The van der Waals surface area contributed by atoms with Gasteiger partial charge in [-0.25, -0.2) is 4.98 Å². The van der Waals surface area contributed by atoms with Gasteiger partial charge in [0.15, 0.2) is 0 Å². The van der Waals surface area contributed by atoms with Crippen LogP contribution >= 0.6 is 0 Å². The molecule has 5 heterocycles. The fourth-order valence-corrected chi connectivity index (χ4v) is 5.24. The summed E-state index contributed by atoms with van der Waals surface area (Å²) < 4.78 is 0. The zero-order chi connectivity index (χ0) is 23.1. The van der Waals surface area contributed by atoms with E-state index in [0.717, 1.165) is 94.2 Å².